The molecule has 0 bridgehead atoms. The van der Waals surface area contributed by atoms with Crippen LogP contribution in [0.1, 0.15) is 16.8 Å². The summed E-state index contributed by atoms with van der Waals surface area (Å²) in [6, 6.07) is 3.55. The van der Waals surface area contributed by atoms with Gasteiger partial charge in [-0.05, 0) is 24.8 Å². The molecule has 0 aliphatic carbocycles. The van der Waals surface area contributed by atoms with Crippen molar-refractivity contribution in [1.82, 2.24) is 9.88 Å². The van der Waals surface area contributed by atoms with Crippen molar-refractivity contribution in [2.24, 2.45) is 0 Å². The van der Waals surface area contributed by atoms with Gasteiger partial charge in [-0.2, -0.15) is 0 Å². The zero-order valence-corrected chi connectivity index (χ0v) is 9.91. The lowest BCUT2D eigenvalue weighted by atomic mass is 10.2. The first-order valence-corrected chi connectivity index (χ1v) is 6.41. The normalized spacial score (nSPS) is 20.1. The molecule has 0 spiro atoms. The van der Waals surface area contributed by atoms with Crippen LogP contribution in [0.4, 0.5) is 0 Å². The molecule has 4 nitrogen and oxygen atoms in total. The molecule has 2 heterocycles. The van der Waals surface area contributed by atoms with Crippen LogP contribution in [-0.4, -0.2) is 46.3 Å². The number of likely N-dealkylation sites (tertiary alicyclic amines) is 1. The molecule has 1 aromatic rings. The van der Waals surface area contributed by atoms with Crippen LogP contribution >= 0.6 is 11.8 Å². The van der Waals surface area contributed by atoms with Crippen LogP contribution < -0.4 is 0 Å². The summed E-state index contributed by atoms with van der Waals surface area (Å²) in [6.07, 6.45) is 3.87. The number of aliphatic hydroxyl groups is 1. The Morgan fingerprint density at radius 1 is 1.69 bits per heavy atom. The molecule has 1 aliphatic heterocycles. The molecule has 1 unspecified atom stereocenters. The second-order valence-electron chi connectivity index (χ2n) is 3.75. The lowest BCUT2D eigenvalue weighted by molar-refractivity contribution is 0.0761. The molecule has 0 radical (unpaired) electrons. The molecule has 0 aromatic carbocycles. The van der Waals surface area contributed by atoms with E-state index in [9.17, 15) is 9.90 Å². The van der Waals surface area contributed by atoms with Gasteiger partial charge in [0, 0.05) is 19.3 Å². The van der Waals surface area contributed by atoms with E-state index in [2.05, 4.69) is 4.98 Å². The van der Waals surface area contributed by atoms with Gasteiger partial charge in [-0.15, -0.1) is 11.8 Å². The number of thioether (sulfide) groups is 1. The van der Waals surface area contributed by atoms with Gasteiger partial charge in [0.25, 0.3) is 5.91 Å². The van der Waals surface area contributed by atoms with Gasteiger partial charge in [0.2, 0.25) is 0 Å². The van der Waals surface area contributed by atoms with Gasteiger partial charge >= 0.3 is 0 Å². The second kappa shape index (κ2) is 4.84. The van der Waals surface area contributed by atoms with E-state index in [1.54, 1.807) is 23.2 Å². The van der Waals surface area contributed by atoms with Crippen LogP contribution in [-0.2, 0) is 0 Å². The van der Waals surface area contributed by atoms with Crippen molar-refractivity contribution in [2.45, 2.75) is 17.6 Å². The van der Waals surface area contributed by atoms with E-state index in [1.165, 1.54) is 11.8 Å². The maximum atomic E-state index is 12.1. The number of aliphatic hydroxyl groups excluding tert-OH is 1. The highest BCUT2D eigenvalue weighted by molar-refractivity contribution is 7.98. The van der Waals surface area contributed by atoms with E-state index >= 15 is 0 Å². The first kappa shape index (κ1) is 11.4. The largest absolute Gasteiger partial charge is 0.391 e. The molecule has 1 saturated heterocycles. The van der Waals surface area contributed by atoms with Crippen molar-refractivity contribution in [2.75, 3.05) is 19.3 Å². The molecule has 16 heavy (non-hydrogen) atoms. The minimum atomic E-state index is -0.377. The fourth-order valence-corrected chi connectivity index (χ4v) is 2.35. The number of amides is 1. The molecule has 1 fully saturated rings. The Morgan fingerprint density at radius 3 is 3.12 bits per heavy atom. The van der Waals surface area contributed by atoms with Crippen LogP contribution in [0.3, 0.4) is 0 Å². The van der Waals surface area contributed by atoms with Gasteiger partial charge in [0.15, 0.2) is 0 Å². The molecule has 0 saturated carbocycles. The van der Waals surface area contributed by atoms with Crippen LogP contribution in [0.5, 0.6) is 0 Å². The number of β-amino-alcohol motifs (C(OH)–C–C–N with tert-alkyl or cyclic N) is 1. The topological polar surface area (TPSA) is 53.4 Å². The molecule has 86 valence electrons. The van der Waals surface area contributed by atoms with Crippen LogP contribution in [0.25, 0.3) is 0 Å². The summed E-state index contributed by atoms with van der Waals surface area (Å²) < 4.78 is 0. The van der Waals surface area contributed by atoms with Gasteiger partial charge in [-0.3, -0.25) is 4.79 Å². The fraction of sp³-hybridized carbons (Fsp3) is 0.455. The van der Waals surface area contributed by atoms with E-state index < -0.39 is 0 Å². The number of carbonyl (C=O) groups is 1. The third-order valence-corrected chi connectivity index (χ3v) is 3.36. The van der Waals surface area contributed by atoms with Crippen molar-refractivity contribution < 1.29 is 9.90 Å². The zero-order valence-electron chi connectivity index (χ0n) is 9.09. The highest BCUT2D eigenvalue weighted by Crippen LogP contribution is 2.20. The summed E-state index contributed by atoms with van der Waals surface area (Å²) in [5.41, 5.74) is 0.629. The molecule has 1 N–H and O–H groups in total. The molecule has 1 aromatic heterocycles. The Morgan fingerprint density at radius 2 is 2.50 bits per heavy atom. The van der Waals surface area contributed by atoms with E-state index in [4.69, 9.17) is 0 Å². The Labute approximate surface area is 98.7 Å². The van der Waals surface area contributed by atoms with Crippen LogP contribution in [0, 0.1) is 0 Å². The maximum absolute atomic E-state index is 12.1. The summed E-state index contributed by atoms with van der Waals surface area (Å²) >= 11 is 1.46. The van der Waals surface area contributed by atoms with E-state index in [1.807, 2.05) is 6.26 Å². The van der Waals surface area contributed by atoms with E-state index in [0.717, 1.165) is 5.03 Å². The maximum Gasteiger partial charge on any atom is 0.256 e. The highest BCUT2D eigenvalue weighted by atomic mass is 32.2. The molecule has 5 heteroatoms. The van der Waals surface area contributed by atoms with Crippen molar-refractivity contribution in [3.8, 4) is 0 Å². The molecular weight excluding hydrogens is 224 g/mol. The number of nitrogens with zero attached hydrogens (tertiary/aromatic N) is 2. The predicted molar refractivity (Wildman–Crippen MR) is 62.5 cm³/mol. The third-order valence-electron chi connectivity index (χ3n) is 2.65. The average Bonchev–Trinajstić information content (AvgIpc) is 2.75. The van der Waals surface area contributed by atoms with E-state index in [-0.39, 0.29) is 12.0 Å². The quantitative estimate of drug-likeness (QED) is 0.781. The monoisotopic (exact) mass is 238 g/mol. The summed E-state index contributed by atoms with van der Waals surface area (Å²) in [4.78, 5) is 18.0. The molecular formula is C11H14N2O2S. The standard InChI is InChI=1S/C11H14N2O2S/c1-16-10-9(3-2-5-12-10)11(15)13-6-4-8(14)7-13/h2-3,5,8,14H,4,6-7H2,1H3. The Balaban J connectivity index is 2.20. The van der Waals surface area contributed by atoms with Crippen molar-refractivity contribution >= 4 is 17.7 Å². The smallest absolute Gasteiger partial charge is 0.256 e. The Hall–Kier alpha value is -1.07. The Bertz CT molecular complexity index is 397. The molecule has 1 atom stereocenters. The number of hydrogen-bond donors (Lipinski definition) is 1. The number of carbonyl (C=O) groups excluding carboxylic acids is 1. The Kier molecular flexibility index (Phi) is 3.46. The summed E-state index contributed by atoms with van der Waals surface area (Å²) in [5.74, 6) is -0.0333. The molecule has 1 aliphatic rings. The SMILES string of the molecule is CSc1ncccc1C(=O)N1CCC(O)C1. The first-order valence-electron chi connectivity index (χ1n) is 5.18. The van der Waals surface area contributed by atoms with Crippen molar-refractivity contribution in [3.63, 3.8) is 0 Å². The fourth-order valence-electron chi connectivity index (χ4n) is 1.81. The summed E-state index contributed by atoms with van der Waals surface area (Å²) in [5, 5.41) is 10.2. The van der Waals surface area contributed by atoms with Gasteiger partial charge < -0.3 is 10.0 Å². The number of rotatable bonds is 2. The second-order valence-corrected chi connectivity index (χ2v) is 4.55. The summed E-state index contributed by atoms with van der Waals surface area (Å²) in [6.45, 7) is 1.06. The average molecular weight is 238 g/mol. The number of pyridine rings is 1. The first-order chi connectivity index (χ1) is 7.72. The van der Waals surface area contributed by atoms with Crippen LogP contribution in [0.2, 0.25) is 0 Å². The van der Waals surface area contributed by atoms with Gasteiger partial charge in [-0.1, -0.05) is 0 Å². The van der Waals surface area contributed by atoms with Gasteiger partial charge in [0.1, 0.15) is 5.03 Å². The number of aromatic nitrogens is 1. The van der Waals surface area contributed by atoms with Crippen molar-refractivity contribution in [1.29, 1.82) is 0 Å². The van der Waals surface area contributed by atoms with Crippen molar-refractivity contribution in [3.05, 3.63) is 23.9 Å². The minimum absolute atomic E-state index is 0.0333. The highest BCUT2D eigenvalue weighted by Gasteiger charge is 2.26. The molecule has 2 rings (SSSR count). The van der Waals surface area contributed by atoms with E-state index in [0.29, 0.717) is 25.1 Å². The zero-order chi connectivity index (χ0) is 11.5. The number of hydrogen-bond acceptors (Lipinski definition) is 4. The predicted octanol–water partition coefficient (Wildman–Crippen LogP) is 1.01. The molecule has 1 amide bonds. The minimum Gasteiger partial charge on any atom is -0.391 e. The third kappa shape index (κ3) is 2.20. The lowest BCUT2D eigenvalue weighted by Crippen LogP contribution is -2.30. The van der Waals surface area contributed by atoms with Gasteiger partial charge in [-0.25, -0.2) is 4.98 Å². The van der Waals surface area contributed by atoms with Crippen LogP contribution in [0.15, 0.2) is 23.4 Å². The lowest BCUT2D eigenvalue weighted by Gasteiger charge is -2.16. The van der Waals surface area contributed by atoms with Gasteiger partial charge in [0.05, 0.1) is 11.7 Å². The summed E-state index contributed by atoms with van der Waals surface area (Å²) in [7, 11) is 0.